The third-order valence-electron chi connectivity index (χ3n) is 5.43. The number of hydrogen-bond acceptors (Lipinski definition) is 8. The molecule has 2 aromatic heterocycles. The Hall–Kier alpha value is -3.19. The van der Waals surface area contributed by atoms with Crippen LogP contribution < -0.4 is 10.6 Å². The van der Waals surface area contributed by atoms with E-state index in [9.17, 15) is 27.1 Å². The second-order valence-electron chi connectivity index (χ2n) is 7.68. The summed E-state index contributed by atoms with van der Waals surface area (Å²) in [6.45, 7) is -0.273. The van der Waals surface area contributed by atoms with E-state index in [0.29, 0.717) is 0 Å². The molecule has 0 bridgehead atoms. The quantitative estimate of drug-likeness (QED) is 0.419. The number of aromatic nitrogens is 4. The van der Waals surface area contributed by atoms with Crippen molar-refractivity contribution in [3.63, 3.8) is 0 Å². The average Bonchev–Trinajstić information content (AvgIpc) is 3.33. The van der Waals surface area contributed by atoms with Crippen molar-refractivity contribution >= 4 is 32.6 Å². The molecule has 10 nitrogen and oxygen atoms in total. The Morgan fingerprint density at radius 1 is 1.28 bits per heavy atom. The molecule has 13 heteroatoms. The number of sulfone groups is 1. The highest BCUT2D eigenvalue weighted by molar-refractivity contribution is 7.91. The number of aliphatic hydroxyl groups is 1. The van der Waals surface area contributed by atoms with E-state index in [4.69, 9.17) is 0 Å². The molecule has 0 spiro atoms. The van der Waals surface area contributed by atoms with Crippen LogP contribution in [0.3, 0.4) is 0 Å². The van der Waals surface area contributed by atoms with Crippen LogP contribution in [0.4, 0.5) is 14.6 Å². The summed E-state index contributed by atoms with van der Waals surface area (Å²) in [6.07, 6.45) is 1.67. The van der Waals surface area contributed by atoms with E-state index in [1.54, 1.807) is 0 Å². The van der Waals surface area contributed by atoms with Gasteiger partial charge in [0.15, 0.2) is 11.3 Å². The van der Waals surface area contributed by atoms with Crippen LogP contribution in [0.2, 0.25) is 0 Å². The number of halogens is 2. The molecule has 0 radical (unpaired) electrons. The van der Waals surface area contributed by atoms with Gasteiger partial charge in [-0.2, -0.15) is 5.10 Å². The summed E-state index contributed by atoms with van der Waals surface area (Å²) in [5.74, 6) is -1.80. The first-order chi connectivity index (χ1) is 15.1. The number of rotatable bonds is 6. The molecule has 0 unspecified atom stereocenters. The van der Waals surface area contributed by atoms with Gasteiger partial charge in [-0.25, -0.2) is 27.2 Å². The summed E-state index contributed by atoms with van der Waals surface area (Å²) in [5.41, 5.74) is 0.109. The van der Waals surface area contributed by atoms with E-state index in [1.165, 1.54) is 6.33 Å². The zero-order chi connectivity index (χ0) is 23.0. The van der Waals surface area contributed by atoms with E-state index >= 15 is 0 Å². The Morgan fingerprint density at radius 3 is 2.78 bits per heavy atom. The maximum absolute atomic E-state index is 13.8. The lowest BCUT2D eigenvalue weighted by Gasteiger charge is -2.17. The maximum Gasteiger partial charge on any atom is 0.272 e. The molecule has 170 valence electrons. The Morgan fingerprint density at radius 2 is 2.06 bits per heavy atom. The van der Waals surface area contributed by atoms with Crippen LogP contribution in [0.15, 0.2) is 24.5 Å². The SMILES string of the molecule is CS(=O)(=O)[C@H]1C[C@@H](O)[C@H](Nc2ncnc3[nH]nc(C(=O)NCc4cc(F)ccc4F)c23)C1. The number of hydrogen-bond donors (Lipinski definition) is 4. The van der Waals surface area contributed by atoms with E-state index in [0.717, 1.165) is 24.5 Å². The number of nitrogens with zero attached hydrogens (tertiary/aromatic N) is 3. The predicted molar refractivity (Wildman–Crippen MR) is 110 cm³/mol. The van der Waals surface area contributed by atoms with Gasteiger partial charge in [0.2, 0.25) is 0 Å². The first kappa shape index (κ1) is 22.0. The van der Waals surface area contributed by atoms with Gasteiger partial charge in [-0.05, 0) is 31.0 Å². The van der Waals surface area contributed by atoms with E-state index in [-0.39, 0.29) is 47.5 Å². The summed E-state index contributed by atoms with van der Waals surface area (Å²) in [5, 5.41) is 21.9. The minimum Gasteiger partial charge on any atom is -0.391 e. The van der Waals surface area contributed by atoms with Gasteiger partial charge in [-0.15, -0.1) is 0 Å². The van der Waals surface area contributed by atoms with E-state index in [2.05, 4.69) is 30.8 Å². The number of aromatic amines is 1. The topological polar surface area (TPSA) is 150 Å². The minimum atomic E-state index is -3.33. The molecule has 4 N–H and O–H groups in total. The number of nitrogens with one attached hydrogen (secondary N) is 3. The maximum atomic E-state index is 13.8. The van der Waals surface area contributed by atoms with Crippen LogP contribution in [-0.2, 0) is 16.4 Å². The molecule has 32 heavy (non-hydrogen) atoms. The lowest BCUT2D eigenvalue weighted by Crippen LogP contribution is -2.29. The van der Waals surface area contributed by atoms with Crippen LogP contribution in [0, 0.1) is 11.6 Å². The number of carbonyl (C=O) groups excluding carboxylic acids is 1. The van der Waals surface area contributed by atoms with Gasteiger partial charge < -0.3 is 15.7 Å². The van der Waals surface area contributed by atoms with Gasteiger partial charge in [0, 0.05) is 18.4 Å². The molecule has 4 rings (SSSR count). The fourth-order valence-electron chi connectivity index (χ4n) is 3.72. The van der Waals surface area contributed by atoms with Gasteiger partial charge in [0.05, 0.1) is 22.8 Å². The Kier molecular flexibility index (Phi) is 5.77. The fraction of sp³-hybridized carbons (Fsp3) is 0.368. The number of carbonyl (C=O) groups is 1. The van der Waals surface area contributed by atoms with Gasteiger partial charge in [-0.1, -0.05) is 0 Å². The van der Waals surface area contributed by atoms with E-state index in [1.807, 2.05) is 0 Å². The molecule has 0 aliphatic heterocycles. The first-order valence-corrected chi connectivity index (χ1v) is 11.6. The van der Waals surface area contributed by atoms with Crippen molar-refractivity contribution in [3.05, 3.63) is 47.4 Å². The van der Waals surface area contributed by atoms with Crippen molar-refractivity contribution in [1.82, 2.24) is 25.5 Å². The van der Waals surface area contributed by atoms with Gasteiger partial charge in [-0.3, -0.25) is 9.89 Å². The molecule has 0 saturated heterocycles. The van der Waals surface area contributed by atoms with Crippen molar-refractivity contribution in [2.45, 2.75) is 36.8 Å². The summed E-state index contributed by atoms with van der Waals surface area (Å²) < 4.78 is 50.9. The summed E-state index contributed by atoms with van der Waals surface area (Å²) >= 11 is 0. The molecular weight excluding hydrogens is 446 g/mol. The van der Waals surface area contributed by atoms with Crippen LogP contribution in [0.5, 0.6) is 0 Å². The Labute approximate surface area is 181 Å². The summed E-state index contributed by atoms with van der Waals surface area (Å²) in [4.78, 5) is 20.8. The Balaban J connectivity index is 1.56. The van der Waals surface area contributed by atoms with Crippen molar-refractivity contribution in [3.8, 4) is 0 Å². The molecule has 3 atom stereocenters. The largest absolute Gasteiger partial charge is 0.391 e. The lowest BCUT2D eigenvalue weighted by atomic mass is 10.2. The van der Waals surface area contributed by atoms with Crippen LogP contribution in [-0.4, -0.2) is 63.2 Å². The third kappa shape index (κ3) is 4.39. The standard InChI is InChI=1S/C19H20F2N6O4S/c1-32(30,31)11-5-13(14(28)6-11)25-17-15-16(26-27-18(15)24-8-23-17)19(29)22-7-9-4-10(20)2-3-12(9)21/h2-4,8,11,13-14,28H,5-7H2,1H3,(H,22,29)(H2,23,24,25,26,27)/t11-,13-,14-/m1/s1. The molecule has 1 aromatic carbocycles. The third-order valence-corrected chi connectivity index (χ3v) is 7.03. The lowest BCUT2D eigenvalue weighted by molar-refractivity contribution is 0.0947. The smallest absolute Gasteiger partial charge is 0.272 e. The highest BCUT2D eigenvalue weighted by atomic mass is 32.2. The van der Waals surface area contributed by atoms with Gasteiger partial charge >= 0.3 is 0 Å². The number of fused-ring (bicyclic) bond motifs is 1. The fourth-order valence-corrected chi connectivity index (χ4v) is 4.83. The normalized spacial score (nSPS) is 21.1. The minimum absolute atomic E-state index is 0.0336. The van der Waals surface area contributed by atoms with Crippen molar-refractivity contribution in [1.29, 1.82) is 0 Å². The predicted octanol–water partition coefficient (Wildman–Crippen LogP) is 0.910. The average molecular weight is 466 g/mol. The summed E-state index contributed by atoms with van der Waals surface area (Å²) in [7, 11) is -3.33. The zero-order valence-electron chi connectivity index (χ0n) is 16.8. The van der Waals surface area contributed by atoms with Gasteiger partial charge in [0.1, 0.15) is 33.6 Å². The van der Waals surface area contributed by atoms with Crippen LogP contribution in [0.1, 0.15) is 28.9 Å². The van der Waals surface area contributed by atoms with Crippen LogP contribution in [0.25, 0.3) is 11.0 Å². The molecular formula is C19H20F2N6O4S. The number of amides is 1. The monoisotopic (exact) mass is 466 g/mol. The number of anilines is 1. The zero-order valence-corrected chi connectivity index (χ0v) is 17.7. The number of benzene rings is 1. The first-order valence-electron chi connectivity index (χ1n) is 9.68. The number of H-pyrrole nitrogens is 1. The highest BCUT2D eigenvalue weighted by Crippen LogP contribution is 2.30. The molecule has 1 saturated carbocycles. The van der Waals surface area contributed by atoms with Crippen LogP contribution >= 0.6 is 0 Å². The van der Waals surface area contributed by atoms with E-state index < -0.39 is 44.8 Å². The van der Waals surface area contributed by atoms with Crippen molar-refractivity contribution in [2.75, 3.05) is 11.6 Å². The van der Waals surface area contributed by atoms with Gasteiger partial charge in [0.25, 0.3) is 5.91 Å². The Bertz CT molecular complexity index is 1280. The highest BCUT2D eigenvalue weighted by Gasteiger charge is 2.38. The van der Waals surface area contributed by atoms with Crippen molar-refractivity contribution in [2.24, 2.45) is 0 Å². The molecule has 3 aromatic rings. The molecule has 2 heterocycles. The second kappa shape index (κ2) is 8.39. The second-order valence-corrected chi connectivity index (χ2v) is 10.0. The molecule has 1 aliphatic rings. The summed E-state index contributed by atoms with van der Waals surface area (Å²) in [6, 6.07) is 2.31. The molecule has 1 fully saturated rings. The van der Waals surface area contributed by atoms with Crippen molar-refractivity contribution < 1.29 is 27.1 Å². The number of aliphatic hydroxyl groups excluding tert-OH is 1. The molecule has 1 aliphatic carbocycles. The molecule has 1 amide bonds.